The predicted octanol–water partition coefficient (Wildman–Crippen LogP) is 2.44. The Morgan fingerprint density at radius 3 is 1.92 bits per heavy atom. The van der Waals surface area contributed by atoms with E-state index in [4.69, 9.17) is 0 Å². The molecule has 1 aromatic rings. The first kappa shape index (κ1) is 10.2. The zero-order chi connectivity index (χ0) is 10.1. The predicted molar refractivity (Wildman–Crippen MR) is 43.8 cm³/mol. The minimum absolute atomic E-state index is 0.396. The Bertz CT molecular complexity index is 315. The largest absolute Gasteiger partial charge is 0.416 e. The molecule has 0 aliphatic rings. The van der Waals surface area contributed by atoms with Crippen molar-refractivity contribution < 1.29 is 17.4 Å². The van der Waals surface area contributed by atoms with Crippen LogP contribution < -0.4 is 0 Å². The standard InChI is InChI=1S/C8H7F3OS/c1-13(12)7-4-2-6(3-5-7)8(9,10)11/h2-5H,1H3. The molecule has 1 nitrogen and oxygen atoms in total. The van der Waals surface area contributed by atoms with E-state index in [2.05, 4.69) is 0 Å². The lowest BCUT2D eigenvalue weighted by molar-refractivity contribution is -0.137. The van der Waals surface area contributed by atoms with E-state index < -0.39 is 22.5 Å². The van der Waals surface area contributed by atoms with E-state index in [1.807, 2.05) is 0 Å². The molecule has 0 fully saturated rings. The Labute approximate surface area is 76.0 Å². The van der Waals surface area contributed by atoms with Gasteiger partial charge in [0.25, 0.3) is 0 Å². The summed E-state index contributed by atoms with van der Waals surface area (Å²) in [4.78, 5) is 0.396. The highest BCUT2D eigenvalue weighted by Crippen LogP contribution is 2.29. The van der Waals surface area contributed by atoms with Crippen molar-refractivity contribution in [1.82, 2.24) is 0 Å². The molecule has 0 aliphatic heterocycles. The summed E-state index contributed by atoms with van der Waals surface area (Å²) < 4.78 is 47.0. The molecule has 1 rings (SSSR count). The summed E-state index contributed by atoms with van der Waals surface area (Å²) in [5, 5.41) is 0. The smallest absolute Gasteiger partial charge is 0.255 e. The number of alkyl halides is 3. The Balaban J connectivity index is 3.01. The molecular weight excluding hydrogens is 201 g/mol. The summed E-state index contributed by atoms with van der Waals surface area (Å²) in [6.45, 7) is 0. The Morgan fingerprint density at radius 2 is 1.62 bits per heavy atom. The van der Waals surface area contributed by atoms with Crippen LogP contribution in [-0.4, -0.2) is 10.5 Å². The van der Waals surface area contributed by atoms with E-state index in [9.17, 15) is 17.4 Å². The van der Waals surface area contributed by atoms with Crippen LogP contribution in [0.1, 0.15) is 5.56 Å². The Kier molecular flexibility index (Phi) is 2.75. The normalized spacial score (nSPS) is 14.2. The van der Waals surface area contributed by atoms with E-state index in [-0.39, 0.29) is 0 Å². The maximum Gasteiger partial charge on any atom is 0.416 e. The molecule has 1 aromatic carbocycles. The monoisotopic (exact) mass is 208 g/mol. The number of halogens is 3. The highest BCUT2D eigenvalue weighted by atomic mass is 32.2. The van der Waals surface area contributed by atoms with Crippen LogP contribution in [0.2, 0.25) is 0 Å². The molecule has 1 unspecified atom stereocenters. The molecule has 5 heteroatoms. The van der Waals surface area contributed by atoms with Gasteiger partial charge in [0.05, 0.1) is 5.56 Å². The van der Waals surface area contributed by atoms with Crippen molar-refractivity contribution in [3.63, 3.8) is 0 Å². The van der Waals surface area contributed by atoms with Crippen molar-refractivity contribution in [3.8, 4) is 0 Å². The second kappa shape index (κ2) is 3.49. The topological polar surface area (TPSA) is 17.1 Å². The van der Waals surface area contributed by atoms with E-state index in [0.717, 1.165) is 12.1 Å². The van der Waals surface area contributed by atoms with E-state index in [0.29, 0.717) is 4.90 Å². The third-order valence-corrected chi connectivity index (χ3v) is 2.45. The van der Waals surface area contributed by atoms with Crippen LogP contribution in [0.3, 0.4) is 0 Å². The summed E-state index contributed by atoms with van der Waals surface area (Å²) in [5.41, 5.74) is -0.721. The Hall–Kier alpha value is -0.840. The van der Waals surface area contributed by atoms with Gasteiger partial charge < -0.3 is 0 Å². The van der Waals surface area contributed by atoms with Gasteiger partial charge >= 0.3 is 6.18 Å². The van der Waals surface area contributed by atoms with Gasteiger partial charge in [-0.15, -0.1) is 0 Å². The van der Waals surface area contributed by atoms with Crippen molar-refractivity contribution in [3.05, 3.63) is 29.8 Å². The molecule has 0 radical (unpaired) electrons. The zero-order valence-electron chi connectivity index (χ0n) is 6.76. The zero-order valence-corrected chi connectivity index (χ0v) is 7.58. The third kappa shape index (κ3) is 2.55. The van der Waals surface area contributed by atoms with Crippen molar-refractivity contribution in [2.24, 2.45) is 0 Å². The lowest BCUT2D eigenvalue weighted by Gasteiger charge is -2.05. The molecular formula is C8H7F3OS. The summed E-state index contributed by atoms with van der Waals surface area (Å²) >= 11 is 0. The molecule has 0 bridgehead atoms. The van der Waals surface area contributed by atoms with Gasteiger partial charge in [-0.1, -0.05) is 0 Å². The molecule has 0 amide bonds. The highest BCUT2D eigenvalue weighted by Gasteiger charge is 2.29. The number of rotatable bonds is 1. The molecule has 0 saturated heterocycles. The summed E-state index contributed by atoms with van der Waals surface area (Å²) in [5.74, 6) is 0. The molecule has 0 saturated carbocycles. The summed E-state index contributed by atoms with van der Waals surface area (Å²) in [6.07, 6.45) is -2.91. The average molecular weight is 208 g/mol. The van der Waals surface area contributed by atoms with E-state index in [1.165, 1.54) is 18.4 Å². The van der Waals surface area contributed by atoms with E-state index >= 15 is 0 Å². The van der Waals surface area contributed by atoms with Gasteiger partial charge in [-0.3, -0.25) is 4.21 Å². The average Bonchev–Trinajstić information content (AvgIpc) is 2.03. The maximum atomic E-state index is 12.0. The molecule has 1 atom stereocenters. The van der Waals surface area contributed by atoms with Crippen LogP contribution in [0.15, 0.2) is 29.2 Å². The fourth-order valence-corrected chi connectivity index (χ4v) is 1.35. The fourth-order valence-electron chi connectivity index (χ4n) is 0.836. The van der Waals surface area contributed by atoms with E-state index in [1.54, 1.807) is 0 Å². The molecule has 0 heterocycles. The van der Waals surface area contributed by atoms with Gasteiger partial charge in [-0.2, -0.15) is 13.2 Å². The maximum absolute atomic E-state index is 12.0. The second-order valence-corrected chi connectivity index (χ2v) is 3.86. The minimum atomic E-state index is -4.33. The minimum Gasteiger partial charge on any atom is -0.255 e. The lowest BCUT2D eigenvalue weighted by atomic mass is 10.2. The van der Waals surface area contributed by atoms with Gasteiger partial charge in [0.1, 0.15) is 0 Å². The van der Waals surface area contributed by atoms with Crippen molar-refractivity contribution in [2.75, 3.05) is 6.26 Å². The third-order valence-electron chi connectivity index (χ3n) is 1.51. The van der Waals surface area contributed by atoms with Gasteiger partial charge in [0, 0.05) is 22.0 Å². The van der Waals surface area contributed by atoms with Gasteiger partial charge in [-0.05, 0) is 24.3 Å². The summed E-state index contributed by atoms with van der Waals surface area (Å²) in [7, 11) is -1.23. The van der Waals surface area contributed by atoms with Crippen LogP contribution in [0.25, 0.3) is 0 Å². The lowest BCUT2D eigenvalue weighted by Crippen LogP contribution is -2.04. The number of benzene rings is 1. The molecule has 0 aromatic heterocycles. The van der Waals surface area contributed by atoms with Crippen LogP contribution in [0.5, 0.6) is 0 Å². The highest BCUT2D eigenvalue weighted by molar-refractivity contribution is 7.84. The number of hydrogen-bond donors (Lipinski definition) is 0. The molecule has 0 N–H and O–H groups in total. The molecule has 13 heavy (non-hydrogen) atoms. The van der Waals surface area contributed by atoms with Crippen molar-refractivity contribution in [2.45, 2.75) is 11.1 Å². The SMILES string of the molecule is CS(=O)c1ccc(C(F)(F)F)cc1. The Morgan fingerprint density at radius 1 is 1.15 bits per heavy atom. The first-order valence-corrected chi connectivity index (χ1v) is 4.98. The summed E-state index contributed by atoms with van der Waals surface area (Å²) in [6, 6.07) is 4.30. The van der Waals surface area contributed by atoms with Crippen LogP contribution in [-0.2, 0) is 17.0 Å². The second-order valence-electron chi connectivity index (χ2n) is 2.48. The van der Waals surface area contributed by atoms with Gasteiger partial charge in [0.15, 0.2) is 0 Å². The molecule has 72 valence electrons. The van der Waals surface area contributed by atoms with Crippen LogP contribution in [0.4, 0.5) is 13.2 Å². The molecule has 0 spiro atoms. The molecule has 0 aliphatic carbocycles. The first-order chi connectivity index (χ1) is 5.91. The fraction of sp³-hybridized carbons (Fsp3) is 0.250. The van der Waals surface area contributed by atoms with Crippen molar-refractivity contribution in [1.29, 1.82) is 0 Å². The quantitative estimate of drug-likeness (QED) is 0.692. The van der Waals surface area contributed by atoms with Crippen LogP contribution >= 0.6 is 0 Å². The number of hydrogen-bond acceptors (Lipinski definition) is 1. The van der Waals surface area contributed by atoms with Gasteiger partial charge in [0.2, 0.25) is 0 Å². The van der Waals surface area contributed by atoms with Gasteiger partial charge in [-0.25, -0.2) is 0 Å². The first-order valence-electron chi connectivity index (χ1n) is 3.42. The van der Waals surface area contributed by atoms with Crippen LogP contribution in [0, 0.1) is 0 Å². The van der Waals surface area contributed by atoms with Crippen molar-refractivity contribution >= 4 is 10.8 Å².